The molecule has 21 aromatic rings. The second-order valence-electron chi connectivity index (χ2n) is 42.7. The third-order valence-corrected chi connectivity index (χ3v) is 53.8. The standard InChI is InChI=1S/3C44H37NSi2/c1-46(2)41-21-9-7-17-36(41)38-26-25-35(29-43(38)46)45(40-20-12-19-39-37-18-8-10-22-42(37)47(3,4)44(39)40)34-16-11-15-32(28-34)33-24-23-30-13-5-6-14-31(30)27-33;1-46(2)41-18-10-8-15-38(41)44-39(16-11-19-42(44)46)45(35-26-27-37-36-14-7-9-17-40(36)47(3,4)43(37)29-35)34-24-22-31(23-25-34)33-21-20-30-12-5-6-13-32(30)28-33;1-46(2)42-16-10-8-14-38(42)40-28-35(24-26-43(40)46)45(36-23-25-39-37-13-7-9-15-41(37)47(3,4)44(39)29-36)34-21-19-31(20-22-34)33-18-17-30-11-5-6-12-32(30)27-33/h3*5-29H,1-4H3. The molecule has 6 aliphatic heterocycles. The van der Waals surface area contributed by atoms with Gasteiger partial charge in [-0.3, -0.25) is 0 Å². The number of anilines is 9. The Morgan fingerprint density at radius 1 is 0.135 bits per heavy atom. The molecule has 0 spiro atoms. The first-order valence-corrected chi connectivity index (χ1v) is 68.1. The number of rotatable bonds is 12. The van der Waals surface area contributed by atoms with Crippen molar-refractivity contribution < 1.29 is 0 Å². The molecule has 9 heteroatoms. The molecule has 6 heterocycles. The van der Waals surface area contributed by atoms with Gasteiger partial charge in [-0.15, -0.1) is 0 Å². The van der Waals surface area contributed by atoms with Gasteiger partial charge in [0.15, 0.2) is 0 Å². The molecular formula is C132H111N3Si6. The quantitative estimate of drug-likeness (QED) is 0.113. The van der Waals surface area contributed by atoms with E-state index >= 15 is 0 Å². The normalized spacial score (nSPS) is 14.7. The molecule has 6 aliphatic rings. The Labute approximate surface area is 835 Å². The largest absolute Gasteiger partial charge is 0.311 e. The summed E-state index contributed by atoms with van der Waals surface area (Å²) in [5.74, 6) is 0. The van der Waals surface area contributed by atoms with Gasteiger partial charge in [-0.05, 0) is 304 Å². The van der Waals surface area contributed by atoms with E-state index in [4.69, 9.17) is 0 Å². The van der Waals surface area contributed by atoms with Crippen LogP contribution in [0.25, 0.3) is 132 Å². The molecule has 0 bridgehead atoms. The predicted molar refractivity (Wildman–Crippen MR) is 625 cm³/mol. The van der Waals surface area contributed by atoms with Crippen molar-refractivity contribution in [3.8, 4) is 100 Å². The van der Waals surface area contributed by atoms with Crippen molar-refractivity contribution in [3.05, 3.63) is 455 Å². The molecule has 21 aromatic carbocycles. The van der Waals surface area contributed by atoms with Gasteiger partial charge in [-0.25, -0.2) is 0 Å². The SMILES string of the molecule is C[Si]1(C)c2ccccc2-c2cc(N(c3ccc(-c4ccc5ccccc5c4)cc3)c3ccc4c(c3)[Si](C)(C)c3ccccc3-4)ccc21.C[Si]1(C)c2ccccc2-c2ccc(N(c3ccc(-c4ccc5ccccc5c4)cc3)c3cccc4c3-c3ccccc3[Si]4(C)C)cc21.C[Si]1(C)c2ccccc2-c2ccc(N(c3cccc(-c4ccc5ccccc5c4)c3)c3cccc4c3[Si](C)(C)c3ccccc3-4)cc21. The van der Waals surface area contributed by atoms with E-state index < -0.39 is 48.4 Å². The number of hydrogen-bond donors (Lipinski definition) is 0. The van der Waals surface area contributed by atoms with Gasteiger partial charge in [0.2, 0.25) is 0 Å². The lowest BCUT2D eigenvalue weighted by Gasteiger charge is -2.32. The third-order valence-electron chi connectivity index (χ3n) is 32.5. The van der Waals surface area contributed by atoms with Crippen molar-refractivity contribution in [2.24, 2.45) is 0 Å². The van der Waals surface area contributed by atoms with Crippen LogP contribution in [0, 0.1) is 0 Å². The van der Waals surface area contributed by atoms with Crippen LogP contribution in [0.1, 0.15) is 0 Å². The topological polar surface area (TPSA) is 9.72 Å². The molecule has 0 saturated carbocycles. The molecule has 678 valence electrons. The Morgan fingerprint density at radius 3 is 0.865 bits per heavy atom. The van der Waals surface area contributed by atoms with Crippen molar-refractivity contribution in [2.45, 2.75) is 78.6 Å². The van der Waals surface area contributed by atoms with Crippen molar-refractivity contribution in [1.29, 1.82) is 0 Å². The zero-order valence-electron chi connectivity index (χ0n) is 82.1. The molecule has 3 nitrogen and oxygen atoms in total. The van der Waals surface area contributed by atoms with Crippen LogP contribution >= 0.6 is 0 Å². The van der Waals surface area contributed by atoms with Crippen LogP contribution < -0.4 is 76.9 Å². The van der Waals surface area contributed by atoms with Gasteiger partial charge in [0.1, 0.15) is 48.4 Å². The van der Waals surface area contributed by atoms with Gasteiger partial charge < -0.3 is 14.7 Å². The molecule has 0 saturated heterocycles. The molecule has 0 radical (unpaired) electrons. The fourth-order valence-electron chi connectivity index (χ4n) is 25.1. The van der Waals surface area contributed by atoms with Crippen LogP contribution in [0.3, 0.4) is 0 Å². The highest BCUT2D eigenvalue weighted by Gasteiger charge is 2.46. The number of fused-ring (bicyclic) bond motifs is 21. The highest BCUT2D eigenvalue weighted by atomic mass is 28.3. The Hall–Kier alpha value is -14.9. The van der Waals surface area contributed by atoms with E-state index in [9.17, 15) is 0 Å². The summed E-state index contributed by atoms with van der Waals surface area (Å²) in [6.45, 7) is 30.1. The first-order chi connectivity index (χ1) is 68.4. The number of hydrogen-bond acceptors (Lipinski definition) is 3. The monoisotopic (exact) mass is 1910 g/mol. The van der Waals surface area contributed by atoms with E-state index in [0.717, 1.165) is 0 Å². The van der Waals surface area contributed by atoms with Crippen LogP contribution in [0.4, 0.5) is 51.2 Å². The maximum absolute atomic E-state index is 2.57. The van der Waals surface area contributed by atoms with Crippen molar-refractivity contribution in [1.82, 2.24) is 0 Å². The summed E-state index contributed by atoms with van der Waals surface area (Å²) >= 11 is 0. The summed E-state index contributed by atoms with van der Waals surface area (Å²) in [6.07, 6.45) is 0. The summed E-state index contributed by atoms with van der Waals surface area (Å²) in [7, 11) is -11.1. The second kappa shape index (κ2) is 33.4. The summed E-state index contributed by atoms with van der Waals surface area (Å²) < 4.78 is 0. The molecule has 0 fully saturated rings. The fourth-order valence-corrected chi connectivity index (χ4v) is 44.0. The van der Waals surface area contributed by atoms with E-state index in [2.05, 4.69) is 548 Å². The smallest absolute Gasteiger partial charge is 0.116 e. The molecule has 0 unspecified atom stereocenters. The molecule has 27 rings (SSSR count). The van der Waals surface area contributed by atoms with Gasteiger partial charge in [0, 0.05) is 51.1 Å². The van der Waals surface area contributed by atoms with E-state index in [1.165, 1.54) is 225 Å². The lowest BCUT2D eigenvalue weighted by atomic mass is 9.99. The van der Waals surface area contributed by atoms with E-state index in [-0.39, 0.29) is 0 Å². The molecule has 0 aliphatic carbocycles. The Balaban J connectivity index is 0.000000111. The molecule has 141 heavy (non-hydrogen) atoms. The lowest BCUT2D eigenvalue weighted by molar-refractivity contribution is 1.29. The molecule has 0 atom stereocenters. The van der Waals surface area contributed by atoms with Crippen LogP contribution in [0.5, 0.6) is 0 Å². The number of nitrogens with zero attached hydrogens (tertiary/aromatic N) is 3. The zero-order valence-corrected chi connectivity index (χ0v) is 88.1. The van der Waals surface area contributed by atoms with Gasteiger partial charge in [-0.1, -0.05) is 418 Å². The molecule has 0 amide bonds. The Bertz CT molecular complexity index is 8720. The first-order valence-electron chi connectivity index (χ1n) is 50.1. The average molecular weight is 1910 g/mol. The van der Waals surface area contributed by atoms with E-state index in [0.29, 0.717) is 0 Å². The van der Waals surface area contributed by atoms with Crippen LogP contribution in [-0.4, -0.2) is 48.4 Å². The number of benzene rings is 21. The zero-order chi connectivity index (χ0) is 95.7. The maximum atomic E-state index is 2.57. The highest BCUT2D eigenvalue weighted by molar-refractivity contribution is 7.07. The Kier molecular flexibility index (Phi) is 20.8. The van der Waals surface area contributed by atoms with Gasteiger partial charge in [0.25, 0.3) is 0 Å². The van der Waals surface area contributed by atoms with Crippen LogP contribution in [-0.2, 0) is 0 Å². The van der Waals surface area contributed by atoms with Gasteiger partial charge >= 0.3 is 0 Å². The highest BCUT2D eigenvalue weighted by Crippen LogP contribution is 2.49. The van der Waals surface area contributed by atoms with Crippen molar-refractivity contribution in [3.63, 3.8) is 0 Å². The molecule has 0 aromatic heterocycles. The summed E-state index contributed by atoms with van der Waals surface area (Å²) in [6, 6.07) is 171. The average Bonchev–Trinajstić information content (AvgIpc) is 1.57. The summed E-state index contributed by atoms with van der Waals surface area (Å²) in [5, 5.41) is 26.0. The van der Waals surface area contributed by atoms with Crippen molar-refractivity contribution in [2.75, 3.05) is 14.7 Å². The summed E-state index contributed by atoms with van der Waals surface area (Å²) in [4.78, 5) is 7.58. The van der Waals surface area contributed by atoms with Crippen LogP contribution in [0.2, 0.25) is 78.6 Å². The lowest BCUT2D eigenvalue weighted by Crippen LogP contribution is -2.51. The first kappa shape index (κ1) is 87.6. The maximum Gasteiger partial charge on any atom is 0.116 e. The fraction of sp³-hybridized carbons (Fsp3) is 0.0909. The van der Waals surface area contributed by atoms with Gasteiger partial charge in [0.05, 0.1) is 5.69 Å². The third kappa shape index (κ3) is 14.2. The molecule has 0 N–H and O–H groups in total. The molecular weight excluding hydrogens is 1800 g/mol. The Morgan fingerprint density at radius 2 is 0.404 bits per heavy atom. The van der Waals surface area contributed by atoms with Gasteiger partial charge in [-0.2, -0.15) is 0 Å². The minimum absolute atomic E-state index is 1.17. The second-order valence-corrected chi connectivity index (χ2v) is 68.6. The van der Waals surface area contributed by atoms with Crippen LogP contribution in [0.15, 0.2) is 455 Å². The summed E-state index contributed by atoms with van der Waals surface area (Å²) in [5.41, 5.74) is 35.3. The van der Waals surface area contributed by atoms with Crippen molar-refractivity contribution >= 4 is 194 Å². The predicted octanol–water partition coefficient (Wildman–Crippen LogP) is 28.7. The van der Waals surface area contributed by atoms with E-state index in [1.54, 1.807) is 20.7 Å². The minimum Gasteiger partial charge on any atom is -0.311 e. The van der Waals surface area contributed by atoms with E-state index in [1.807, 2.05) is 0 Å². The minimum atomic E-state index is -2.00.